The van der Waals surface area contributed by atoms with Crippen LogP contribution >= 0.6 is 11.6 Å². The number of halogens is 2. The molecule has 0 fully saturated rings. The highest BCUT2D eigenvalue weighted by molar-refractivity contribution is 7.91. The lowest BCUT2D eigenvalue weighted by molar-refractivity contribution is 0.0696. The summed E-state index contributed by atoms with van der Waals surface area (Å²) in [6.07, 6.45) is 0. The molecule has 0 saturated carbocycles. The van der Waals surface area contributed by atoms with E-state index in [0.29, 0.717) is 6.07 Å². The van der Waals surface area contributed by atoms with E-state index >= 15 is 0 Å². The predicted octanol–water partition coefficient (Wildman–Crippen LogP) is 1.97. The standard InChI is InChI=1S/C9H8ClFO4S/c1-2-16(14,15)5-3-6(9(12)13)8(10)7(11)4-5/h3-4H,2H2,1H3,(H,12,13). The Morgan fingerprint density at radius 2 is 2.06 bits per heavy atom. The van der Waals surface area contributed by atoms with Gasteiger partial charge in [-0.05, 0) is 12.1 Å². The van der Waals surface area contributed by atoms with E-state index in [4.69, 9.17) is 16.7 Å². The van der Waals surface area contributed by atoms with Crippen LogP contribution in [0.15, 0.2) is 17.0 Å². The van der Waals surface area contributed by atoms with Gasteiger partial charge in [-0.15, -0.1) is 0 Å². The molecule has 0 spiro atoms. The zero-order chi connectivity index (χ0) is 12.5. The Bertz CT molecular complexity index is 539. The Hall–Kier alpha value is -1.14. The summed E-state index contributed by atoms with van der Waals surface area (Å²) in [7, 11) is -3.66. The molecular weight excluding hydrogens is 259 g/mol. The van der Waals surface area contributed by atoms with Crippen molar-refractivity contribution in [3.05, 3.63) is 28.5 Å². The fraction of sp³-hybridized carbons (Fsp3) is 0.222. The molecule has 0 amide bonds. The van der Waals surface area contributed by atoms with Gasteiger partial charge in [0, 0.05) is 0 Å². The second-order valence-corrected chi connectivity index (χ2v) is 5.63. The highest BCUT2D eigenvalue weighted by Crippen LogP contribution is 2.25. The summed E-state index contributed by atoms with van der Waals surface area (Å²) in [5.74, 6) is -2.78. The molecule has 7 heteroatoms. The summed E-state index contributed by atoms with van der Waals surface area (Å²) in [5, 5.41) is 8.11. The molecule has 0 aliphatic heterocycles. The first-order chi connectivity index (χ1) is 7.29. The van der Waals surface area contributed by atoms with Crippen LogP contribution in [0.2, 0.25) is 5.02 Å². The molecule has 0 saturated heterocycles. The highest BCUT2D eigenvalue weighted by atomic mass is 35.5. The summed E-state index contributed by atoms with van der Waals surface area (Å²) in [6, 6.07) is 1.57. The van der Waals surface area contributed by atoms with Gasteiger partial charge in [0.1, 0.15) is 5.82 Å². The van der Waals surface area contributed by atoms with Crippen LogP contribution in [0.5, 0.6) is 0 Å². The average molecular weight is 267 g/mol. The maximum absolute atomic E-state index is 13.2. The van der Waals surface area contributed by atoms with Crippen molar-refractivity contribution in [3.8, 4) is 0 Å². The number of carbonyl (C=O) groups is 1. The molecule has 0 radical (unpaired) electrons. The minimum Gasteiger partial charge on any atom is -0.478 e. The largest absolute Gasteiger partial charge is 0.478 e. The molecular formula is C9H8ClFO4S. The lowest BCUT2D eigenvalue weighted by Crippen LogP contribution is -2.08. The van der Waals surface area contributed by atoms with E-state index in [0.717, 1.165) is 6.07 Å². The third-order valence-corrected chi connectivity index (χ3v) is 4.07. The molecule has 1 aromatic rings. The Morgan fingerprint density at radius 3 is 2.50 bits per heavy atom. The second kappa shape index (κ2) is 4.39. The average Bonchev–Trinajstić information content (AvgIpc) is 2.21. The van der Waals surface area contributed by atoms with E-state index in [2.05, 4.69) is 0 Å². The molecule has 0 aliphatic carbocycles. The molecule has 4 nitrogen and oxygen atoms in total. The quantitative estimate of drug-likeness (QED) is 0.908. The van der Waals surface area contributed by atoms with E-state index in [1.54, 1.807) is 0 Å². The summed E-state index contributed by atoms with van der Waals surface area (Å²) >= 11 is 5.40. The number of hydrogen-bond donors (Lipinski definition) is 1. The normalized spacial score (nSPS) is 11.4. The highest BCUT2D eigenvalue weighted by Gasteiger charge is 2.20. The summed E-state index contributed by atoms with van der Waals surface area (Å²) < 4.78 is 36.1. The lowest BCUT2D eigenvalue weighted by atomic mass is 10.2. The summed E-state index contributed by atoms with van der Waals surface area (Å²) in [4.78, 5) is 10.3. The van der Waals surface area contributed by atoms with E-state index in [-0.39, 0.29) is 10.6 Å². The number of sulfone groups is 1. The summed E-state index contributed by atoms with van der Waals surface area (Å²) in [6.45, 7) is 1.38. The van der Waals surface area contributed by atoms with Crippen molar-refractivity contribution in [1.82, 2.24) is 0 Å². The van der Waals surface area contributed by atoms with Crippen molar-refractivity contribution in [2.24, 2.45) is 0 Å². The van der Waals surface area contributed by atoms with Gasteiger partial charge in [0.15, 0.2) is 9.84 Å². The van der Waals surface area contributed by atoms with Crippen LogP contribution in [0.4, 0.5) is 4.39 Å². The van der Waals surface area contributed by atoms with Gasteiger partial charge < -0.3 is 5.11 Å². The van der Waals surface area contributed by atoms with Gasteiger partial charge in [-0.1, -0.05) is 18.5 Å². The van der Waals surface area contributed by atoms with Gasteiger partial charge in [0.2, 0.25) is 0 Å². The Balaban J connectivity index is 3.53. The lowest BCUT2D eigenvalue weighted by Gasteiger charge is -2.05. The van der Waals surface area contributed by atoms with Crippen molar-refractivity contribution in [2.45, 2.75) is 11.8 Å². The minimum atomic E-state index is -3.66. The van der Waals surface area contributed by atoms with Crippen LogP contribution in [-0.2, 0) is 9.84 Å². The predicted molar refractivity (Wildman–Crippen MR) is 56.1 cm³/mol. The summed E-state index contributed by atoms with van der Waals surface area (Å²) in [5.41, 5.74) is -0.561. The first-order valence-electron chi connectivity index (χ1n) is 4.24. The van der Waals surface area contributed by atoms with E-state index in [1.807, 2.05) is 0 Å². The fourth-order valence-corrected chi connectivity index (χ4v) is 2.17. The van der Waals surface area contributed by atoms with E-state index < -0.39 is 32.2 Å². The van der Waals surface area contributed by atoms with Crippen LogP contribution in [0.25, 0.3) is 0 Å². The maximum Gasteiger partial charge on any atom is 0.337 e. The van der Waals surface area contributed by atoms with Gasteiger partial charge in [-0.2, -0.15) is 0 Å². The number of carboxylic acid groups (broad SMARTS) is 1. The smallest absolute Gasteiger partial charge is 0.337 e. The van der Waals surface area contributed by atoms with Crippen LogP contribution < -0.4 is 0 Å². The number of carboxylic acids is 1. The number of hydrogen-bond acceptors (Lipinski definition) is 3. The molecule has 16 heavy (non-hydrogen) atoms. The van der Waals surface area contributed by atoms with Crippen molar-refractivity contribution in [3.63, 3.8) is 0 Å². The van der Waals surface area contributed by atoms with Gasteiger partial charge >= 0.3 is 5.97 Å². The van der Waals surface area contributed by atoms with E-state index in [9.17, 15) is 17.6 Å². The van der Waals surface area contributed by atoms with Gasteiger partial charge in [-0.25, -0.2) is 17.6 Å². The Kier molecular flexibility index (Phi) is 3.54. The number of benzene rings is 1. The molecule has 88 valence electrons. The van der Waals surface area contributed by atoms with Gasteiger partial charge in [-0.3, -0.25) is 0 Å². The van der Waals surface area contributed by atoms with Crippen LogP contribution in [-0.4, -0.2) is 25.2 Å². The minimum absolute atomic E-state index is 0.243. The molecule has 0 heterocycles. The molecule has 0 unspecified atom stereocenters. The van der Waals surface area contributed by atoms with E-state index in [1.165, 1.54) is 6.92 Å². The first kappa shape index (κ1) is 12.9. The third-order valence-electron chi connectivity index (χ3n) is 1.97. The second-order valence-electron chi connectivity index (χ2n) is 2.98. The number of aromatic carboxylic acids is 1. The molecule has 0 aromatic heterocycles. The molecule has 0 atom stereocenters. The van der Waals surface area contributed by atoms with Crippen LogP contribution in [0, 0.1) is 5.82 Å². The van der Waals surface area contributed by atoms with Gasteiger partial charge in [0.25, 0.3) is 0 Å². The zero-order valence-electron chi connectivity index (χ0n) is 8.20. The van der Waals surface area contributed by atoms with Crippen molar-refractivity contribution >= 4 is 27.4 Å². The third kappa shape index (κ3) is 2.33. The zero-order valence-corrected chi connectivity index (χ0v) is 9.77. The van der Waals surface area contributed by atoms with Crippen molar-refractivity contribution in [1.29, 1.82) is 0 Å². The SMILES string of the molecule is CCS(=O)(=O)c1cc(F)c(Cl)c(C(=O)O)c1. The van der Waals surface area contributed by atoms with Crippen LogP contribution in [0.1, 0.15) is 17.3 Å². The van der Waals surface area contributed by atoms with Crippen molar-refractivity contribution < 1.29 is 22.7 Å². The molecule has 0 aliphatic rings. The molecule has 1 N–H and O–H groups in total. The van der Waals surface area contributed by atoms with Gasteiger partial charge in [0.05, 0.1) is 21.2 Å². The molecule has 1 aromatic carbocycles. The van der Waals surface area contributed by atoms with Crippen LogP contribution in [0.3, 0.4) is 0 Å². The fourth-order valence-electron chi connectivity index (χ4n) is 1.07. The Morgan fingerprint density at radius 1 is 1.50 bits per heavy atom. The Labute approximate surface area is 96.6 Å². The molecule has 1 rings (SSSR count). The molecule has 0 bridgehead atoms. The number of rotatable bonds is 3. The monoisotopic (exact) mass is 266 g/mol. The van der Waals surface area contributed by atoms with Crippen molar-refractivity contribution in [2.75, 3.05) is 5.75 Å². The first-order valence-corrected chi connectivity index (χ1v) is 6.27. The topological polar surface area (TPSA) is 71.4 Å². The maximum atomic E-state index is 13.2.